The van der Waals surface area contributed by atoms with Crippen LogP contribution in [0.1, 0.15) is 25.1 Å². The van der Waals surface area contributed by atoms with Crippen molar-refractivity contribution in [1.29, 1.82) is 0 Å². The molecular weight excluding hydrogens is 461 g/mol. The molecule has 184 valence electrons. The van der Waals surface area contributed by atoms with Gasteiger partial charge in [0, 0.05) is 30.4 Å². The third kappa shape index (κ3) is 5.86. The van der Waals surface area contributed by atoms with Crippen molar-refractivity contribution in [2.24, 2.45) is 0 Å². The van der Waals surface area contributed by atoms with Crippen molar-refractivity contribution in [1.82, 2.24) is 24.5 Å². The maximum absolute atomic E-state index is 13.3. The Balaban J connectivity index is 1.68. The minimum Gasteiger partial charge on any atom is -0.377 e. The summed E-state index contributed by atoms with van der Waals surface area (Å²) in [5.41, 5.74) is 1.58. The van der Waals surface area contributed by atoms with Gasteiger partial charge in [-0.1, -0.05) is 12.1 Å². The van der Waals surface area contributed by atoms with Crippen molar-refractivity contribution in [2.75, 3.05) is 18.5 Å². The molecule has 8 nitrogen and oxygen atoms in total. The molecule has 0 unspecified atom stereocenters. The van der Waals surface area contributed by atoms with E-state index >= 15 is 0 Å². The van der Waals surface area contributed by atoms with Gasteiger partial charge in [0.05, 0.1) is 36.8 Å². The van der Waals surface area contributed by atoms with E-state index < -0.39 is 11.7 Å². The van der Waals surface area contributed by atoms with Gasteiger partial charge in [-0.2, -0.15) is 13.2 Å². The number of aromatic nitrogens is 5. The first kappa shape index (κ1) is 24.4. The summed E-state index contributed by atoms with van der Waals surface area (Å²) in [6.07, 6.45) is -0.506. The minimum atomic E-state index is -4.42. The van der Waals surface area contributed by atoms with Gasteiger partial charge in [0.1, 0.15) is 5.52 Å². The van der Waals surface area contributed by atoms with Gasteiger partial charge >= 0.3 is 6.18 Å². The van der Waals surface area contributed by atoms with Gasteiger partial charge in [-0.15, -0.1) is 0 Å². The van der Waals surface area contributed by atoms with Crippen LogP contribution in [0.5, 0.6) is 0 Å². The molecule has 0 aliphatic carbocycles. The second-order valence-electron chi connectivity index (χ2n) is 8.20. The number of benzene rings is 1. The average molecular weight is 486 g/mol. The maximum Gasteiger partial charge on any atom is 0.416 e. The number of anilines is 1. The quantitative estimate of drug-likeness (QED) is 0.367. The number of ether oxygens (including phenoxy) is 1. The summed E-state index contributed by atoms with van der Waals surface area (Å²) in [7, 11) is 0. The van der Waals surface area contributed by atoms with E-state index in [0.717, 1.165) is 17.8 Å². The highest BCUT2D eigenvalue weighted by atomic mass is 19.4. The fourth-order valence-electron chi connectivity index (χ4n) is 3.55. The second-order valence-corrected chi connectivity index (χ2v) is 8.20. The third-order valence-electron chi connectivity index (χ3n) is 5.31. The predicted molar refractivity (Wildman–Crippen MR) is 126 cm³/mol. The first-order valence-electron chi connectivity index (χ1n) is 11.1. The molecule has 4 aromatic rings. The van der Waals surface area contributed by atoms with Gasteiger partial charge in [-0.05, 0) is 38.1 Å². The Bertz CT molecular complexity index is 1330. The van der Waals surface area contributed by atoms with Crippen LogP contribution in [0.3, 0.4) is 0 Å². The zero-order chi connectivity index (χ0) is 25.0. The molecule has 0 spiro atoms. The molecule has 3 aromatic heterocycles. The highest BCUT2D eigenvalue weighted by molar-refractivity contribution is 5.76. The first-order valence-corrected chi connectivity index (χ1v) is 11.1. The Labute approximate surface area is 199 Å². The minimum absolute atomic E-state index is 0.0125. The first-order chi connectivity index (χ1) is 16.7. The lowest BCUT2D eigenvalue weighted by molar-refractivity contribution is -0.137. The van der Waals surface area contributed by atoms with Crippen molar-refractivity contribution < 1.29 is 17.9 Å². The molecular formula is C24H25F3N6O2. The smallest absolute Gasteiger partial charge is 0.377 e. The summed E-state index contributed by atoms with van der Waals surface area (Å²) in [5, 5.41) is 3.08. The van der Waals surface area contributed by atoms with Gasteiger partial charge in [0.2, 0.25) is 0 Å². The lowest BCUT2D eigenvalue weighted by atomic mass is 10.1. The molecule has 35 heavy (non-hydrogen) atoms. The van der Waals surface area contributed by atoms with E-state index in [2.05, 4.69) is 25.3 Å². The Morgan fingerprint density at radius 3 is 2.54 bits per heavy atom. The van der Waals surface area contributed by atoms with Gasteiger partial charge in [0.15, 0.2) is 11.5 Å². The van der Waals surface area contributed by atoms with E-state index in [1.807, 2.05) is 13.8 Å². The highest BCUT2D eigenvalue weighted by Crippen LogP contribution is 2.31. The molecule has 0 fully saturated rings. The van der Waals surface area contributed by atoms with Crippen LogP contribution in [0.2, 0.25) is 0 Å². The second kappa shape index (κ2) is 10.3. The standard InChI is InChI=1S/C24H25F3N6O2/c1-15(2)35-12-11-33-22-20(31-21(23(33)34)29-10-9-18-13-28-14-30-18)8-7-19(32-22)16-3-5-17(6-4-16)24(25,26)27/h3-8,13-15H,9-12H2,1-2H3,(H,28,30)(H,29,31). The fraction of sp³-hybridized carbons (Fsp3) is 0.333. The molecule has 0 radical (unpaired) electrons. The van der Waals surface area contributed by atoms with Crippen LogP contribution < -0.4 is 10.9 Å². The lowest BCUT2D eigenvalue weighted by Crippen LogP contribution is -2.28. The Kier molecular flexibility index (Phi) is 7.15. The molecule has 3 heterocycles. The van der Waals surface area contributed by atoms with Crippen LogP contribution >= 0.6 is 0 Å². The summed E-state index contributed by atoms with van der Waals surface area (Å²) in [5.74, 6) is 0.186. The molecule has 2 N–H and O–H groups in total. The predicted octanol–water partition coefficient (Wildman–Crippen LogP) is 4.28. The Hall–Kier alpha value is -3.73. The van der Waals surface area contributed by atoms with Crippen molar-refractivity contribution in [3.8, 4) is 11.3 Å². The van der Waals surface area contributed by atoms with Crippen molar-refractivity contribution in [3.05, 3.63) is 70.5 Å². The van der Waals surface area contributed by atoms with Gasteiger partial charge in [-0.25, -0.2) is 15.0 Å². The number of hydrogen-bond acceptors (Lipinski definition) is 6. The summed E-state index contributed by atoms with van der Waals surface area (Å²) in [4.78, 5) is 29.3. The molecule has 0 aliphatic heterocycles. The zero-order valence-corrected chi connectivity index (χ0v) is 19.3. The van der Waals surface area contributed by atoms with Crippen LogP contribution in [0.25, 0.3) is 22.4 Å². The van der Waals surface area contributed by atoms with Crippen LogP contribution in [0.15, 0.2) is 53.7 Å². The number of aromatic amines is 1. The molecule has 0 saturated carbocycles. The molecule has 11 heteroatoms. The number of pyridine rings is 1. The van der Waals surface area contributed by atoms with Crippen molar-refractivity contribution >= 4 is 17.0 Å². The monoisotopic (exact) mass is 486 g/mol. The Morgan fingerprint density at radius 2 is 1.89 bits per heavy atom. The van der Waals surface area contributed by atoms with Gasteiger partial charge in [0.25, 0.3) is 5.56 Å². The van der Waals surface area contributed by atoms with Crippen LogP contribution in [-0.4, -0.2) is 43.8 Å². The number of imidazole rings is 1. The van der Waals surface area contributed by atoms with Gasteiger partial charge in [-0.3, -0.25) is 9.36 Å². The molecule has 0 saturated heterocycles. The van der Waals surface area contributed by atoms with Crippen LogP contribution in [0.4, 0.5) is 19.0 Å². The molecule has 0 atom stereocenters. The lowest BCUT2D eigenvalue weighted by Gasteiger charge is -2.15. The third-order valence-corrected chi connectivity index (χ3v) is 5.31. The summed E-state index contributed by atoms with van der Waals surface area (Å²) in [6.45, 7) is 4.80. The van der Waals surface area contributed by atoms with E-state index in [1.54, 1.807) is 24.7 Å². The van der Waals surface area contributed by atoms with E-state index in [4.69, 9.17) is 4.74 Å². The number of fused-ring (bicyclic) bond motifs is 1. The van der Waals surface area contributed by atoms with Crippen molar-refractivity contribution in [2.45, 2.75) is 39.1 Å². The number of nitrogens with one attached hydrogen (secondary N) is 2. The number of hydrogen-bond donors (Lipinski definition) is 2. The fourth-order valence-corrected chi connectivity index (χ4v) is 3.55. The van der Waals surface area contributed by atoms with Crippen molar-refractivity contribution in [3.63, 3.8) is 0 Å². The summed E-state index contributed by atoms with van der Waals surface area (Å²) >= 11 is 0. The number of halogens is 3. The molecule has 0 amide bonds. The van der Waals surface area contributed by atoms with Crippen LogP contribution in [0, 0.1) is 0 Å². The number of alkyl halides is 3. The van der Waals surface area contributed by atoms with E-state index in [0.29, 0.717) is 35.4 Å². The largest absolute Gasteiger partial charge is 0.416 e. The summed E-state index contributed by atoms with van der Waals surface area (Å²) < 4.78 is 45.9. The maximum atomic E-state index is 13.3. The SMILES string of the molecule is CC(C)OCCn1c(=O)c(NCCc2cnc[nH]2)nc2ccc(-c3ccc(C(F)(F)F)cc3)nc21. The van der Waals surface area contributed by atoms with Crippen LogP contribution in [-0.2, 0) is 23.9 Å². The molecule has 0 bridgehead atoms. The normalized spacial score (nSPS) is 11.9. The molecule has 4 rings (SSSR count). The zero-order valence-electron chi connectivity index (χ0n) is 19.3. The average Bonchev–Trinajstić information content (AvgIpc) is 3.34. The van der Waals surface area contributed by atoms with E-state index in [9.17, 15) is 18.0 Å². The number of rotatable bonds is 9. The number of nitrogens with zero attached hydrogens (tertiary/aromatic N) is 4. The molecule has 0 aliphatic rings. The Morgan fingerprint density at radius 1 is 1.11 bits per heavy atom. The van der Waals surface area contributed by atoms with E-state index in [-0.39, 0.29) is 30.6 Å². The highest BCUT2D eigenvalue weighted by Gasteiger charge is 2.30. The van der Waals surface area contributed by atoms with Gasteiger partial charge < -0.3 is 15.0 Å². The number of H-pyrrole nitrogens is 1. The summed E-state index contributed by atoms with van der Waals surface area (Å²) in [6, 6.07) is 8.12. The topological polar surface area (TPSA) is 97.7 Å². The van der Waals surface area contributed by atoms with E-state index in [1.165, 1.54) is 16.7 Å². The molecule has 1 aromatic carbocycles.